The van der Waals surface area contributed by atoms with Gasteiger partial charge in [-0.3, -0.25) is 14.8 Å². The highest BCUT2D eigenvalue weighted by atomic mass is 19.1. The number of para-hydroxylation sites is 1. The molecule has 1 saturated heterocycles. The number of urea groups is 1. The molecule has 2 aromatic heterocycles. The molecule has 4 aromatic rings. The Bertz CT molecular complexity index is 1170. The zero-order chi connectivity index (χ0) is 19.1. The first-order valence-corrected chi connectivity index (χ1v) is 8.95. The van der Waals surface area contributed by atoms with Crippen LogP contribution in [-0.2, 0) is 0 Å². The van der Waals surface area contributed by atoms with E-state index in [4.69, 9.17) is 0 Å². The van der Waals surface area contributed by atoms with Crippen LogP contribution in [0.2, 0.25) is 0 Å². The molecule has 6 nitrogen and oxygen atoms in total. The number of fused-ring (bicyclic) bond motifs is 1. The molecule has 0 spiro atoms. The topological polar surface area (TPSA) is 54.3 Å². The minimum atomic E-state index is -0.348. The summed E-state index contributed by atoms with van der Waals surface area (Å²) in [5.74, 6) is -0.348. The molecule has 7 heteroatoms. The summed E-state index contributed by atoms with van der Waals surface area (Å²) in [7, 11) is 0. The third-order valence-corrected chi connectivity index (χ3v) is 4.95. The van der Waals surface area contributed by atoms with Crippen molar-refractivity contribution in [3.8, 4) is 5.69 Å². The normalized spacial score (nSPS) is 14.2. The maximum atomic E-state index is 14.2. The zero-order valence-electron chi connectivity index (χ0n) is 14.9. The van der Waals surface area contributed by atoms with Gasteiger partial charge >= 0.3 is 6.03 Å². The molecule has 5 rings (SSSR count). The number of aromatic nitrogens is 3. The van der Waals surface area contributed by atoms with Crippen molar-refractivity contribution in [2.75, 3.05) is 22.9 Å². The molecular weight excluding hydrogens is 357 g/mol. The summed E-state index contributed by atoms with van der Waals surface area (Å²) in [5, 5.41) is 5.18. The van der Waals surface area contributed by atoms with Crippen LogP contribution in [-0.4, -0.2) is 33.9 Å². The third-order valence-electron chi connectivity index (χ3n) is 4.95. The number of amides is 2. The molecule has 28 heavy (non-hydrogen) atoms. The predicted octanol–water partition coefficient (Wildman–Crippen LogP) is 4.01. The zero-order valence-corrected chi connectivity index (χ0v) is 14.9. The highest BCUT2D eigenvalue weighted by molar-refractivity contribution is 6.10. The lowest BCUT2D eigenvalue weighted by atomic mass is 10.2. The van der Waals surface area contributed by atoms with E-state index in [1.54, 1.807) is 51.3 Å². The Hall–Kier alpha value is -3.74. The fourth-order valence-corrected chi connectivity index (χ4v) is 3.61. The van der Waals surface area contributed by atoms with E-state index in [2.05, 4.69) is 10.1 Å². The molecule has 1 fully saturated rings. The van der Waals surface area contributed by atoms with Gasteiger partial charge in [0.2, 0.25) is 0 Å². The second-order valence-corrected chi connectivity index (χ2v) is 6.51. The fraction of sp³-hybridized carbons (Fsp3) is 0.0952. The van der Waals surface area contributed by atoms with E-state index in [0.29, 0.717) is 18.8 Å². The van der Waals surface area contributed by atoms with Gasteiger partial charge in [-0.15, -0.1) is 0 Å². The summed E-state index contributed by atoms with van der Waals surface area (Å²) >= 11 is 0. The molecule has 0 aliphatic carbocycles. The summed E-state index contributed by atoms with van der Waals surface area (Å²) in [4.78, 5) is 20.5. The smallest absolute Gasteiger partial charge is 0.292 e. The number of anilines is 2. The fourth-order valence-electron chi connectivity index (χ4n) is 3.61. The number of nitrogens with zero attached hydrogens (tertiary/aromatic N) is 5. The summed E-state index contributed by atoms with van der Waals surface area (Å²) in [6, 6.07) is 15.7. The van der Waals surface area contributed by atoms with E-state index in [-0.39, 0.29) is 11.8 Å². The lowest BCUT2D eigenvalue weighted by molar-refractivity contribution is 0.256. The first-order chi connectivity index (χ1) is 13.7. The molecular formula is C21H16FN5O. The van der Waals surface area contributed by atoms with Gasteiger partial charge in [0.1, 0.15) is 11.5 Å². The number of hydrogen-bond donors (Lipinski definition) is 0. The molecule has 0 unspecified atom stereocenters. The van der Waals surface area contributed by atoms with Crippen LogP contribution in [0.4, 0.5) is 20.6 Å². The van der Waals surface area contributed by atoms with Gasteiger partial charge in [0.05, 0.1) is 17.4 Å². The van der Waals surface area contributed by atoms with Crippen LogP contribution in [0.3, 0.4) is 0 Å². The lowest BCUT2D eigenvalue weighted by Crippen LogP contribution is -2.31. The summed E-state index contributed by atoms with van der Waals surface area (Å²) < 4.78 is 15.8. The van der Waals surface area contributed by atoms with Gasteiger partial charge in [0.25, 0.3) is 0 Å². The molecule has 0 bridgehead atoms. The number of hydrogen-bond acceptors (Lipinski definition) is 3. The standard InChI is InChI=1S/C21H16FN5O/c22-17-4-1-2-5-20(17)27-19-7-3-6-18(16(19)14-24-27)26-13-12-25(21(26)28)15-8-10-23-11-9-15/h1-11,14H,12-13H2. The number of carbonyl (C=O) groups is 1. The van der Waals surface area contributed by atoms with Gasteiger partial charge in [0, 0.05) is 36.6 Å². The summed E-state index contributed by atoms with van der Waals surface area (Å²) in [6.07, 6.45) is 5.02. The molecule has 1 aliphatic heterocycles. The van der Waals surface area contributed by atoms with Crippen molar-refractivity contribution < 1.29 is 9.18 Å². The second-order valence-electron chi connectivity index (χ2n) is 6.51. The summed E-state index contributed by atoms with van der Waals surface area (Å²) in [5.41, 5.74) is 2.71. The van der Waals surface area contributed by atoms with E-state index in [0.717, 1.165) is 22.3 Å². The molecule has 138 valence electrons. The number of benzene rings is 2. The van der Waals surface area contributed by atoms with Crippen LogP contribution < -0.4 is 9.80 Å². The first kappa shape index (κ1) is 16.4. The second kappa shape index (κ2) is 6.45. The van der Waals surface area contributed by atoms with E-state index >= 15 is 0 Å². The highest BCUT2D eigenvalue weighted by Crippen LogP contribution is 2.32. The molecule has 1 aliphatic rings. The molecule has 2 amide bonds. The van der Waals surface area contributed by atoms with Crippen molar-refractivity contribution >= 4 is 28.3 Å². The van der Waals surface area contributed by atoms with Crippen LogP contribution in [0.15, 0.2) is 73.2 Å². The molecule has 3 heterocycles. The van der Waals surface area contributed by atoms with Crippen LogP contribution in [0, 0.1) is 5.82 Å². The Morgan fingerprint density at radius 1 is 0.857 bits per heavy atom. The van der Waals surface area contributed by atoms with Gasteiger partial charge < -0.3 is 0 Å². The van der Waals surface area contributed by atoms with Gasteiger partial charge in [-0.1, -0.05) is 18.2 Å². The largest absolute Gasteiger partial charge is 0.329 e. The molecule has 0 atom stereocenters. The van der Waals surface area contributed by atoms with Crippen molar-refractivity contribution in [2.45, 2.75) is 0 Å². The van der Waals surface area contributed by atoms with Crippen LogP contribution in [0.1, 0.15) is 0 Å². The maximum absolute atomic E-state index is 14.2. The van der Waals surface area contributed by atoms with Gasteiger partial charge in [-0.05, 0) is 36.4 Å². The van der Waals surface area contributed by atoms with Crippen LogP contribution >= 0.6 is 0 Å². The first-order valence-electron chi connectivity index (χ1n) is 8.95. The highest BCUT2D eigenvalue weighted by Gasteiger charge is 2.32. The Kier molecular flexibility index (Phi) is 3.79. The van der Waals surface area contributed by atoms with E-state index in [1.807, 2.05) is 30.3 Å². The average Bonchev–Trinajstić information content (AvgIpc) is 3.33. The number of rotatable bonds is 3. The van der Waals surface area contributed by atoms with E-state index in [9.17, 15) is 9.18 Å². The number of halogens is 1. The van der Waals surface area contributed by atoms with Crippen molar-refractivity contribution in [2.24, 2.45) is 0 Å². The molecule has 0 saturated carbocycles. The summed E-state index contributed by atoms with van der Waals surface area (Å²) in [6.45, 7) is 1.14. The van der Waals surface area contributed by atoms with E-state index in [1.165, 1.54) is 6.07 Å². The number of carbonyl (C=O) groups excluding carboxylic acids is 1. The van der Waals surface area contributed by atoms with Crippen LogP contribution in [0.25, 0.3) is 16.6 Å². The van der Waals surface area contributed by atoms with Gasteiger partial charge in [-0.25, -0.2) is 13.9 Å². The van der Waals surface area contributed by atoms with E-state index < -0.39 is 0 Å². The van der Waals surface area contributed by atoms with Gasteiger partial charge in [-0.2, -0.15) is 5.10 Å². The van der Waals surface area contributed by atoms with Gasteiger partial charge in [0.15, 0.2) is 0 Å². The SMILES string of the molecule is O=C1N(c2ccncc2)CCN1c1cccc2c1cnn2-c1ccccc1F. The van der Waals surface area contributed by atoms with Crippen molar-refractivity contribution in [1.29, 1.82) is 0 Å². The Balaban J connectivity index is 1.56. The van der Waals surface area contributed by atoms with Crippen molar-refractivity contribution in [3.05, 3.63) is 79.0 Å². The predicted molar refractivity (Wildman–Crippen MR) is 105 cm³/mol. The minimum Gasteiger partial charge on any atom is -0.292 e. The average molecular weight is 373 g/mol. The van der Waals surface area contributed by atoms with Crippen LogP contribution in [0.5, 0.6) is 0 Å². The molecule has 0 radical (unpaired) electrons. The minimum absolute atomic E-state index is 0.0997. The number of pyridine rings is 1. The van der Waals surface area contributed by atoms with Crippen molar-refractivity contribution in [3.63, 3.8) is 0 Å². The Morgan fingerprint density at radius 2 is 1.61 bits per heavy atom. The maximum Gasteiger partial charge on any atom is 0.329 e. The van der Waals surface area contributed by atoms with Crippen molar-refractivity contribution in [1.82, 2.24) is 14.8 Å². The quantitative estimate of drug-likeness (QED) is 0.545. The Labute approximate surface area is 160 Å². The third kappa shape index (κ3) is 2.51. The lowest BCUT2D eigenvalue weighted by Gasteiger charge is -2.19. The monoisotopic (exact) mass is 373 g/mol. The Morgan fingerprint density at radius 3 is 2.43 bits per heavy atom. The molecule has 0 N–H and O–H groups in total. The molecule has 2 aromatic carbocycles.